The van der Waals surface area contributed by atoms with Crippen molar-refractivity contribution in [3.05, 3.63) is 87.8 Å². The van der Waals surface area contributed by atoms with Crippen LogP contribution < -0.4 is 4.74 Å². The molecule has 7 heteroatoms. The Labute approximate surface area is 208 Å². The van der Waals surface area contributed by atoms with Crippen molar-refractivity contribution >= 4 is 40.2 Å². The number of carbonyl (C=O) groups excluding carboxylic acids is 1. The molecule has 0 bridgehead atoms. The quantitative estimate of drug-likeness (QED) is 0.270. The molecule has 0 N–H and O–H groups in total. The summed E-state index contributed by atoms with van der Waals surface area (Å²) in [5, 5.41) is 1.84. The molecule has 4 aromatic rings. The zero-order chi connectivity index (χ0) is 24.4. The van der Waals surface area contributed by atoms with Gasteiger partial charge in [0.2, 0.25) is 0 Å². The molecule has 1 heterocycles. The van der Waals surface area contributed by atoms with Crippen molar-refractivity contribution < 1.29 is 13.9 Å². The summed E-state index contributed by atoms with van der Waals surface area (Å²) in [6, 6.07) is 15.7. The van der Waals surface area contributed by atoms with Gasteiger partial charge in [0.05, 0.1) is 0 Å². The second-order valence-electron chi connectivity index (χ2n) is 8.08. The number of halogens is 3. The molecule has 0 spiro atoms. The van der Waals surface area contributed by atoms with Gasteiger partial charge in [0.25, 0.3) is 0 Å². The summed E-state index contributed by atoms with van der Waals surface area (Å²) in [5.74, 6) is 0.152. The summed E-state index contributed by atoms with van der Waals surface area (Å²) in [4.78, 5) is 14.4. The first-order chi connectivity index (χ1) is 16.3. The van der Waals surface area contributed by atoms with E-state index in [2.05, 4.69) is 0 Å². The van der Waals surface area contributed by atoms with E-state index < -0.39 is 6.09 Å². The molecule has 1 aromatic heterocycles. The summed E-state index contributed by atoms with van der Waals surface area (Å²) >= 11 is 12.6. The first kappa shape index (κ1) is 24.1. The highest BCUT2D eigenvalue weighted by Gasteiger charge is 2.20. The van der Waals surface area contributed by atoms with Crippen LogP contribution in [0.25, 0.3) is 22.0 Å². The maximum absolute atomic E-state index is 13.9. The van der Waals surface area contributed by atoms with E-state index in [1.807, 2.05) is 43.7 Å². The largest absolute Gasteiger partial charge is 0.415 e. The predicted octanol–water partition coefficient (Wildman–Crippen LogP) is 7.95. The van der Waals surface area contributed by atoms with Crippen molar-refractivity contribution in [2.24, 2.45) is 0 Å². The molecule has 0 saturated carbocycles. The summed E-state index contributed by atoms with van der Waals surface area (Å²) in [5.41, 5.74) is 4.27. The van der Waals surface area contributed by atoms with Crippen LogP contribution in [0.1, 0.15) is 25.0 Å². The van der Waals surface area contributed by atoms with Crippen molar-refractivity contribution in [3.63, 3.8) is 0 Å². The van der Waals surface area contributed by atoms with Gasteiger partial charge in [0, 0.05) is 52.3 Å². The number of aromatic nitrogens is 1. The minimum absolute atomic E-state index is 0.267. The molecular formula is C27H25Cl2FN2O2. The number of carbonyl (C=O) groups is 1. The summed E-state index contributed by atoms with van der Waals surface area (Å²) in [6.07, 6.45) is 1.52. The molecule has 176 valence electrons. The number of aryl methyl sites for hydroxylation is 1. The van der Waals surface area contributed by atoms with Crippen molar-refractivity contribution in [2.75, 3.05) is 13.1 Å². The van der Waals surface area contributed by atoms with Crippen LogP contribution in [0.3, 0.4) is 0 Å². The average molecular weight is 499 g/mol. The van der Waals surface area contributed by atoms with E-state index in [4.69, 9.17) is 27.9 Å². The smallest absolute Gasteiger partial charge is 0.410 e. The molecule has 0 atom stereocenters. The molecule has 0 aliphatic carbocycles. The van der Waals surface area contributed by atoms with Gasteiger partial charge in [-0.3, -0.25) is 0 Å². The molecule has 4 rings (SSSR count). The fraction of sp³-hybridized carbons (Fsp3) is 0.222. The Morgan fingerprint density at radius 1 is 1.00 bits per heavy atom. The van der Waals surface area contributed by atoms with Gasteiger partial charge in [-0.25, -0.2) is 9.18 Å². The van der Waals surface area contributed by atoms with Gasteiger partial charge in [-0.15, -0.1) is 0 Å². The fourth-order valence-electron chi connectivity index (χ4n) is 4.11. The predicted molar refractivity (Wildman–Crippen MR) is 137 cm³/mol. The summed E-state index contributed by atoms with van der Waals surface area (Å²) in [7, 11) is 0. The summed E-state index contributed by atoms with van der Waals surface area (Å²) in [6.45, 7) is 7.35. The lowest BCUT2D eigenvalue weighted by atomic mass is 10.0. The van der Waals surface area contributed by atoms with Crippen LogP contribution in [-0.4, -0.2) is 28.6 Å². The van der Waals surface area contributed by atoms with Gasteiger partial charge in [0.15, 0.2) is 0 Å². The third kappa shape index (κ3) is 4.91. The second-order valence-corrected chi connectivity index (χ2v) is 8.96. The van der Waals surface area contributed by atoms with E-state index in [1.54, 1.807) is 41.3 Å². The normalized spacial score (nSPS) is 11.1. The second kappa shape index (κ2) is 10.1. The Balaban J connectivity index is 1.86. The van der Waals surface area contributed by atoms with Gasteiger partial charge in [0.1, 0.15) is 11.6 Å². The lowest BCUT2D eigenvalue weighted by Crippen LogP contribution is -2.33. The Morgan fingerprint density at radius 3 is 2.38 bits per heavy atom. The first-order valence-electron chi connectivity index (χ1n) is 11.1. The molecule has 3 aromatic carbocycles. The number of nitrogens with zero attached hydrogens (tertiary/aromatic N) is 2. The van der Waals surface area contributed by atoms with Gasteiger partial charge in [-0.1, -0.05) is 29.3 Å². The fourth-order valence-corrected chi connectivity index (χ4v) is 4.63. The van der Waals surface area contributed by atoms with Crippen molar-refractivity contribution in [1.82, 2.24) is 9.47 Å². The SMILES string of the molecule is CCN(CC)C(=O)Oc1ccc2c(ccn2Cc2cc(F)ccc2C)c1-c1cc(Cl)cc(Cl)c1. The first-order valence-corrected chi connectivity index (χ1v) is 11.9. The van der Waals surface area contributed by atoms with E-state index in [0.29, 0.717) is 35.4 Å². The van der Waals surface area contributed by atoms with Crippen LogP contribution in [0.4, 0.5) is 9.18 Å². The number of amides is 1. The maximum Gasteiger partial charge on any atom is 0.415 e. The number of hydrogen-bond donors (Lipinski definition) is 0. The van der Waals surface area contributed by atoms with Crippen LogP contribution in [-0.2, 0) is 6.54 Å². The molecule has 0 fully saturated rings. The topological polar surface area (TPSA) is 34.5 Å². The molecule has 0 saturated heterocycles. The number of fused-ring (bicyclic) bond motifs is 1. The van der Waals surface area contributed by atoms with E-state index in [-0.39, 0.29) is 5.82 Å². The molecular weight excluding hydrogens is 474 g/mol. The Morgan fingerprint density at radius 2 is 1.71 bits per heavy atom. The number of benzene rings is 3. The highest BCUT2D eigenvalue weighted by atomic mass is 35.5. The van der Waals surface area contributed by atoms with Crippen molar-refractivity contribution in [2.45, 2.75) is 27.3 Å². The monoisotopic (exact) mass is 498 g/mol. The molecule has 1 amide bonds. The lowest BCUT2D eigenvalue weighted by Gasteiger charge is -2.20. The van der Waals surface area contributed by atoms with E-state index in [0.717, 1.165) is 33.2 Å². The third-order valence-electron chi connectivity index (χ3n) is 5.94. The highest BCUT2D eigenvalue weighted by Crippen LogP contribution is 2.40. The lowest BCUT2D eigenvalue weighted by molar-refractivity contribution is 0.157. The third-order valence-corrected chi connectivity index (χ3v) is 6.37. The number of hydrogen-bond acceptors (Lipinski definition) is 2. The van der Waals surface area contributed by atoms with E-state index in [1.165, 1.54) is 6.07 Å². The number of rotatable bonds is 6. The highest BCUT2D eigenvalue weighted by molar-refractivity contribution is 6.35. The molecule has 0 unspecified atom stereocenters. The van der Waals surface area contributed by atoms with Crippen LogP contribution in [0.15, 0.2) is 60.8 Å². The molecule has 34 heavy (non-hydrogen) atoms. The molecule has 4 nitrogen and oxygen atoms in total. The molecule has 0 aliphatic heterocycles. The van der Waals surface area contributed by atoms with Crippen molar-refractivity contribution in [1.29, 1.82) is 0 Å². The standard InChI is InChI=1S/C27H25Cl2FN2O2/c1-4-31(5-2)27(33)34-25-9-8-24-23(26(25)18-12-20(28)15-21(29)13-18)10-11-32(24)16-19-14-22(30)7-6-17(19)3/h6-15H,4-5,16H2,1-3H3. The maximum atomic E-state index is 13.9. The molecule has 0 aliphatic rings. The number of ether oxygens (including phenoxy) is 1. The van der Waals surface area contributed by atoms with Gasteiger partial charge in [-0.2, -0.15) is 0 Å². The minimum atomic E-state index is -0.423. The Kier molecular flexibility index (Phi) is 7.15. The van der Waals surface area contributed by atoms with Gasteiger partial charge >= 0.3 is 6.09 Å². The van der Waals surface area contributed by atoms with Crippen LogP contribution in [0, 0.1) is 12.7 Å². The Hall–Kier alpha value is -3.02. The average Bonchev–Trinajstić information content (AvgIpc) is 3.19. The zero-order valence-corrected chi connectivity index (χ0v) is 20.8. The minimum Gasteiger partial charge on any atom is -0.410 e. The van der Waals surface area contributed by atoms with Crippen molar-refractivity contribution in [3.8, 4) is 16.9 Å². The molecule has 0 radical (unpaired) electrons. The Bertz CT molecular complexity index is 1340. The van der Waals surface area contributed by atoms with Gasteiger partial charge in [-0.05, 0) is 86.0 Å². The van der Waals surface area contributed by atoms with E-state index >= 15 is 0 Å². The summed E-state index contributed by atoms with van der Waals surface area (Å²) < 4.78 is 21.7. The van der Waals surface area contributed by atoms with Crippen LogP contribution in [0.2, 0.25) is 10.0 Å². The zero-order valence-electron chi connectivity index (χ0n) is 19.2. The van der Waals surface area contributed by atoms with Crippen LogP contribution >= 0.6 is 23.2 Å². The van der Waals surface area contributed by atoms with E-state index in [9.17, 15) is 9.18 Å². The van der Waals surface area contributed by atoms with Gasteiger partial charge < -0.3 is 14.2 Å². The van der Waals surface area contributed by atoms with Crippen LogP contribution in [0.5, 0.6) is 5.75 Å².